The Hall–Kier alpha value is 1.05. The molecule has 0 heterocycles. The van der Waals surface area contributed by atoms with Crippen LogP contribution in [0.25, 0.3) is 0 Å². The molecule has 5 nitrogen and oxygen atoms in total. The van der Waals surface area contributed by atoms with Crippen LogP contribution < -0.4 is 0 Å². The summed E-state index contributed by atoms with van der Waals surface area (Å²) in [6.07, 6.45) is 0. The molecule has 0 atom stereocenters. The second-order valence-electron chi connectivity index (χ2n) is 0. The Morgan fingerprint density at radius 2 is 0.667 bits per heavy atom. The van der Waals surface area contributed by atoms with E-state index in [9.17, 15) is 0 Å². The van der Waals surface area contributed by atoms with E-state index in [1.165, 1.54) is 0 Å². The van der Waals surface area contributed by atoms with Crippen LogP contribution in [0.2, 0.25) is 0 Å². The summed E-state index contributed by atoms with van der Waals surface area (Å²) >= 11 is 0. The Morgan fingerprint density at radius 1 is 0.667 bits per heavy atom. The second kappa shape index (κ2) is 141. The molecule has 0 aromatic heterocycles. The Balaban J connectivity index is 0. The average molecular weight is 254 g/mol. The molecule has 0 saturated carbocycles. The molecule has 0 spiro atoms. The van der Waals surface area contributed by atoms with Crippen LogP contribution in [0, 0.1) is 37.3 Å². The maximum absolute atomic E-state index is 0. The third-order valence-electron chi connectivity index (χ3n) is 0. The number of hydrogen-bond acceptors (Lipinski definition) is 1. The van der Waals surface area contributed by atoms with E-state index in [0.717, 1.165) is 0 Å². The molecule has 0 amide bonds. The Morgan fingerprint density at radius 3 is 0.667 bits per heavy atom. The van der Waals surface area contributed by atoms with Crippen LogP contribution in [0.1, 0.15) is 0 Å². The SMILES string of the molecule is O.O.O.[Er+3].[O-2].[OH-]. The molecule has 7 N–H and O–H groups in total. The fourth-order valence-corrected chi connectivity index (χ4v) is 0. The van der Waals surface area contributed by atoms with Crippen LogP contribution in [0.15, 0.2) is 0 Å². The van der Waals surface area contributed by atoms with Gasteiger partial charge in [0.2, 0.25) is 0 Å². The summed E-state index contributed by atoms with van der Waals surface area (Å²) in [4.78, 5) is 0. The predicted molar refractivity (Wildman–Crippen MR) is 13.5 cm³/mol. The fraction of sp³-hybridized carbons (Fsp3) is 0. The van der Waals surface area contributed by atoms with Crippen LogP contribution >= 0.6 is 0 Å². The van der Waals surface area contributed by atoms with E-state index in [-0.39, 0.29) is 64.7 Å². The zero-order valence-electron chi connectivity index (χ0n) is 2.64. The molecule has 0 aromatic rings. The van der Waals surface area contributed by atoms with Crippen LogP contribution in [0.5, 0.6) is 0 Å². The second-order valence-corrected chi connectivity index (χ2v) is 0. The van der Waals surface area contributed by atoms with Crippen molar-refractivity contribution in [2.45, 2.75) is 0 Å². The van der Waals surface area contributed by atoms with E-state index in [1.54, 1.807) is 0 Å². The van der Waals surface area contributed by atoms with Crippen molar-refractivity contribution in [3.05, 3.63) is 0 Å². The van der Waals surface area contributed by atoms with Gasteiger partial charge in [0.25, 0.3) is 0 Å². The molecular weight excluding hydrogens is 247 g/mol. The molecule has 0 saturated heterocycles. The molecule has 0 aromatic carbocycles. The molecule has 0 bridgehead atoms. The third-order valence-corrected chi connectivity index (χ3v) is 0. The minimum absolute atomic E-state index is 0. The van der Waals surface area contributed by atoms with Gasteiger partial charge in [-0.1, -0.05) is 0 Å². The molecule has 49 valence electrons. The standard InChI is InChI=1S/Er.4H2O.O/h;4*1H2;/q+3;;;;;-2/p-1. The van der Waals surface area contributed by atoms with E-state index < -0.39 is 0 Å². The monoisotopic (exact) mass is 253 g/mol. The first-order valence-corrected chi connectivity index (χ1v) is 0. The van der Waals surface area contributed by atoms with E-state index >= 15 is 0 Å². The number of hydrogen-bond donors (Lipinski definition) is 0. The first kappa shape index (κ1) is 235. The summed E-state index contributed by atoms with van der Waals surface area (Å²) in [7, 11) is 0. The molecule has 0 fully saturated rings. The van der Waals surface area contributed by atoms with Gasteiger partial charge in [0.1, 0.15) is 0 Å². The average Bonchev–Trinajstić information content (AvgIpc) is 0. The van der Waals surface area contributed by atoms with Gasteiger partial charge in [0.05, 0.1) is 0 Å². The van der Waals surface area contributed by atoms with E-state index in [0.29, 0.717) is 0 Å². The van der Waals surface area contributed by atoms with E-state index in [2.05, 4.69) is 0 Å². The number of rotatable bonds is 0. The Kier molecular flexibility index (Phi) is 5510. The molecule has 0 rings (SSSR count). The van der Waals surface area contributed by atoms with Gasteiger partial charge in [-0.2, -0.15) is 0 Å². The van der Waals surface area contributed by atoms with Crippen LogP contribution in [0.4, 0.5) is 0 Å². The molecule has 0 aliphatic carbocycles. The topological polar surface area (TPSA) is 153 Å². The van der Waals surface area contributed by atoms with Crippen molar-refractivity contribution in [2.75, 3.05) is 0 Å². The molecule has 6 heteroatoms. The Bertz CT molecular complexity index is 3.90. The predicted octanol–water partition coefficient (Wildman–Crippen LogP) is -2.77. The van der Waals surface area contributed by atoms with Crippen molar-refractivity contribution in [1.82, 2.24) is 0 Å². The van der Waals surface area contributed by atoms with Gasteiger partial charge in [-0.3, -0.25) is 0 Å². The van der Waals surface area contributed by atoms with Crippen molar-refractivity contribution < 1.29 is 64.7 Å². The summed E-state index contributed by atoms with van der Waals surface area (Å²) in [5.41, 5.74) is 0. The molecular formula is H7ErO5. The Labute approximate surface area is 64.5 Å². The van der Waals surface area contributed by atoms with Crippen molar-refractivity contribution in [3.63, 3.8) is 0 Å². The molecule has 6 heavy (non-hydrogen) atoms. The van der Waals surface area contributed by atoms with Gasteiger partial charge in [-0.25, -0.2) is 0 Å². The van der Waals surface area contributed by atoms with Crippen LogP contribution in [0.3, 0.4) is 0 Å². The molecule has 1 radical (unpaired) electrons. The zero-order chi connectivity index (χ0) is 0. The minimum Gasteiger partial charge on any atom is -2.00 e. The largest absolute Gasteiger partial charge is 3.00 e. The van der Waals surface area contributed by atoms with Gasteiger partial charge in [0, 0.05) is 0 Å². The summed E-state index contributed by atoms with van der Waals surface area (Å²) in [5.74, 6) is 0. The van der Waals surface area contributed by atoms with Crippen LogP contribution in [-0.4, -0.2) is 21.9 Å². The third kappa shape index (κ3) is 75.4. The van der Waals surface area contributed by atoms with Gasteiger partial charge >= 0.3 is 37.3 Å². The summed E-state index contributed by atoms with van der Waals surface area (Å²) in [6, 6.07) is 0. The van der Waals surface area contributed by atoms with Gasteiger partial charge in [0.15, 0.2) is 0 Å². The minimum atomic E-state index is 0. The zero-order valence-corrected chi connectivity index (χ0v) is 4.50. The van der Waals surface area contributed by atoms with Crippen molar-refractivity contribution >= 4 is 0 Å². The van der Waals surface area contributed by atoms with E-state index in [1.807, 2.05) is 0 Å². The quantitative estimate of drug-likeness (QED) is 0.451. The van der Waals surface area contributed by atoms with Crippen molar-refractivity contribution in [3.8, 4) is 0 Å². The smallest absolute Gasteiger partial charge is 2.00 e. The van der Waals surface area contributed by atoms with Gasteiger partial charge in [-0.15, -0.1) is 0 Å². The summed E-state index contributed by atoms with van der Waals surface area (Å²) in [5, 5.41) is 0. The van der Waals surface area contributed by atoms with Crippen molar-refractivity contribution in [2.24, 2.45) is 0 Å². The van der Waals surface area contributed by atoms with Gasteiger partial charge < -0.3 is 27.4 Å². The fourth-order valence-electron chi connectivity index (χ4n) is 0. The van der Waals surface area contributed by atoms with E-state index in [4.69, 9.17) is 0 Å². The first-order valence-electron chi connectivity index (χ1n) is 0. The first-order chi connectivity index (χ1) is 0. The maximum Gasteiger partial charge on any atom is 3.00 e. The van der Waals surface area contributed by atoms with Crippen molar-refractivity contribution in [1.29, 1.82) is 0 Å². The van der Waals surface area contributed by atoms with Gasteiger partial charge in [-0.05, 0) is 0 Å². The summed E-state index contributed by atoms with van der Waals surface area (Å²) in [6.45, 7) is 0. The summed E-state index contributed by atoms with van der Waals surface area (Å²) < 4.78 is 0. The maximum atomic E-state index is 0. The molecule has 0 aliphatic rings. The van der Waals surface area contributed by atoms with Crippen LogP contribution in [-0.2, 0) is 5.48 Å². The normalized spacial score (nSPS) is 0. The molecule has 0 aliphatic heterocycles. The molecule has 0 unspecified atom stereocenters.